The smallest absolute Gasteiger partial charge is 0.154 e. The molecule has 0 radical (unpaired) electrons. The second-order valence-electron chi connectivity index (χ2n) is 8.36. The molecule has 4 rings (SSSR count). The largest absolute Gasteiger partial charge is 0.399 e. The van der Waals surface area contributed by atoms with Gasteiger partial charge in [0.2, 0.25) is 0 Å². The van der Waals surface area contributed by atoms with E-state index in [-0.39, 0.29) is 17.5 Å². The lowest BCUT2D eigenvalue weighted by Gasteiger charge is -2.21. The van der Waals surface area contributed by atoms with Crippen LogP contribution in [0.15, 0.2) is 36.4 Å². The molecule has 1 aliphatic rings. The monoisotopic (exact) mass is 436 g/mol. The maximum absolute atomic E-state index is 11.8. The molecule has 162 valence electrons. The quantitative estimate of drug-likeness (QED) is 0.584. The first-order valence-electron chi connectivity index (χ1n) is 10.4. The van der Waals surface area contributed by atoms with Crippen LogP contribution in [-0.2, 0) is 9.84 Å². The summed E-state index contributed by atoms with van der Waals surface area (Å²) in [6.07, 6.45) is 2.35. The molecule has 1 aromatic heterocycles. The number of hydrogen-bond donors (Lipinski definition) is 2. The van der Waals surface area contributed by atoms with E-state index in [1.807, 2.05) is 37.3 Å². The second kappa shape index (κ2) is 7.96. The molecule has 0 saturated heterocycles. The lowest BCUT2D eigenvalue weighted by atomic mass is 9.97. The van der Waals surface area contributed by atoms with E-state index in [0.717, 1.165) is 44.7 Å². The molecule has 0 spiro atoms. The Labute approximate surface area is 183 Å². The average molecular weight is 437 g/mol. The summed E-state index contributed by atoms with van der Waals surface area (Å²) in [5.74, 6) is 1.75. The van der Waals surface area contributed by atoms with E-state index in [4.69, 9.17) is 5.73 Å². The molecule has 0 saturated carbocycles. The van der Waals surface area contributed by atoms with Gasteiger partial charge in [0.1, 0.15) is 11.6 Å². The molecule has 0 aliphatic carbocycles. The fourth-order valence-electron chi connectivity index (χ4n) is 4.14. The average Bonchev–Trinajstić information content (AvgIpc) is 2.70. The number of rotatable bonds is 4. The summed E-state index contributed by atoms with van der Waals surface area (Å²) < 4.78 is 23.6. The van der Waals surface area contributed by atoms with E-state index in [0.29, 0.717) is 12.2 Å². The summed E-state index contributed by atoms with van der Waals surface area (Å²) in [5.41, 5.74) is 13.3. The van der Waals surface area contributed by atoms with Crippen LogP contribution in [0.4, 0.5) is 11.5 Å². The highest BCUT2D eigenvalue weighted by Gasteiger charge is 2.19. The fourth-order valence-corrected chi connectivity index (χ4v) is 5.30. The van der Waals surface area contributed by atoms with E-state index < -0.39 is 9.84 Å². The molecule has 3 N–H and O–H groups in total. The highest BCUT2D eigenvalue weighted by Crippen LogP contribution is 2.32. The Morgan fingerprint density at radius 1 is 1.10 bits per heavy atom. The van der Waals surface area contributed by atoms with Gasteiger partial charge in [-0.2, -0.15) is 0 Å². The minimum Gasteiger partial charge on any atom is -0.399 e. The number of anilines is 2. The van der Waals surface area contributed by atoms with Crippen molar-refractivity contribution in [3.05, 3.63) is 64.5 Å². The zero-order chi connectivity index (χ0) is 22.3. The normalized spacial score (nSPS) is 16.7. The predicted octanol–water partition coefficient (Wildman–Crippen LogP) is 4.51. The van der Waals surface area contributed by atoms with Crippen molar-refractivity contribution in [3.8, 4) is 0 Å². The van der Waals surface area contributed by atoms with Crippen LogP contribution in [0, 0.1) is 20.8 Å². The van der Waals surface area contributed by atoms with Crippen LogP contribution in [-0.4, -0.2) is 29.9 Å². The fraction of sp³-hybridized carbons (Fsp3) is 0.333. The number of nitrogens with one attached hydrogen (secondary N) is 1. The number of sulfone groups is 1. The van der Waals surface area contributed by atoms with Crippen molar-refractivity contribution in [3.63, 3.8) is 0 Å². The van der Waals surface area contributed by atoms with Gasteiger partial charge in [-0.1, -0.05) is 12.1 Å². The number of hydrogen-bond acceptors (Lipinski definition) is 6. The summed E-state index contributed by atoms with van der Waals surface area (Å²) >= 11 is 0. The van der Waals surface area contributed by atoms with Crippen LogP contribution >= 0.6 is 0 Å². The third kappa shape index (κ3) is 4.42. The summed E-state index contributed by atoms with van der Waals surface area (Å²) in [7, 11) is -2.96. The van der Waals surface area contributed by atoms with Gasteiger partial charge in [-0.15, -0.1) is 0 Å². The number of fused-ring (bicyclic) bond motifs is 1. The van der Waals surface area contributed by atoms with Gasteiger partial charge in [0.25, 0.3) is 0 Å². The molecule has 1 atom stereocenters. The number of aromatic nitrogens is 2. The van der Waals surface area contributed by atoms with Gasteiger partial charge in [0.05, 0.1) is 23.1 Å². The molecule has 7 heteroatoms. The number of nitrogens with zero attached hydrogens (tertiary/aromatic N) is 2. The summed E-state index contributed by atoms with van der Waals surface area (Å²) in [6.45, 7) is 8.15. The van der Waals surface area contributed by atoms with Gasteiger partial charge in [-0.3, -0.25) is 0 Å². The molecular weight excluding hydrogens is 408 g/mol. The SMILES string of the molecule is Cc1nc(N[C@H](C)c2cc(N)cc(C)c2C)c2cc(C3=CCS(=O)(=O)CC3)ccc2n1. The lowest BCUT2D eigenvalue weighted by molar-refractivity contribution is 0.597. The third-order valence-electron chi connectivity index (χ3n) is 5.99. The first-order chi connectivity index (χ1) is 14.6. The summed E-state index contributed by atoms with van der Waals surface area (Å²) in [5, 5.41) is 4.48. The van der Waals surface area contributed by atoms with Crippen LogP contribution in [0.1, 0.15) is 47.5 Å². The molecule has 0 amide bonds. The molecule has 2 aromatic carbocycles. The number of aryl methyl sites for hydroxylation is 2. The molecule has 2 heterocycles. The van der Waals surface area contributed by atoms with Crippen molar-refractivity contribution in [2.75, 3.05) is 22.6 Å². The van der Waals surface area contributed by atoms with Gasteiger partial charge in [0, 0.05) is 11.1 Å². The van der Waals surface area contributed by atoms with Crippen molar-refractivity contribution in [1.29, 1.82) is 0 Å². The van der Waals surface area contributed by atoms with Crippen LogP contribution in [0.2, 0.25) is 0 Å². The Morgan fingerprint density at radius 2 is 1.87 bits per heavy atom. The number of allylic oxidation sites excluding steroid dienone is 1. The Kier molecular flexibility index (Phi) is 5.47. The number of nitrogens with two attached hydrogens (primary N) is 1. The zero-order valence-corrected chi connectivity index (χ0v) is 19.2. The van der Waals surface area contributed by atoms with Crippen molar-refractivity contribution < 1.29 is 8.42 Å². The van der Waals surface area contributed by atoms with Crippen molar-refractivity contribution in [1.82, 2.24) is 9.97 Å². The standard InChI is InChI=1S/C24H28N4O2S/c1-14-11-20(25)13-21(15(14)2)16(3)26-24-22-12-19(5-6-23(22)27-17(4)28-24)18-7-9-31(29,30)10-8-18/h5-7,11-13,16H,8-10,25H2,1-4H3,(H,26,27,28)/t16-/m1/s1. The Hall–Kier alpha value is -2.93. The van der Waals surface area contributed by atoms with Crippen molar-refractivity contribution in [2.24, 2.45) is 0 Å². The van der Waals surface area contributed by atoms with Crippen LogP contribution in [0.5, 0.6) is 0 Å². The maximum atomic E-state index is 11.8. The molecule has 0 fully saturated rings. The Bertz CT molecular complexity index is 1310. The molecule has 0 bridgehead atoms. The molecule has 31 heavy (non-hydrogen) atoms. The minimum absolute atomic E-state index is 0.00222. The van der Waals surface area contributed by atoms with Gasteiger partial charge in [0.15, 0.2) is 9.84 Å². The van der Waals surface area contributed by atoms with E-state index in [1.165, 1.54) is 5.56 Å². The Morgan fingerprint density at radius 3 is 2.58 bits per heavy atom. The summed E-state index contributed by atoms with van der Waals surface area (Å²) in [6, 6.07) is 10.1. The summed E-state index contributed by atoms with van der Waals surface area (Å²) in [4.78, 5) is 9.27. The zero-order valence-electron chi connectivity index (χ0n) is 18.4. The van der Waals surface area contributed by atoms with Gasteiger partial charge < -0.3 is 11.1 Å². The van der Waals surface area contributed by atoms with Crippen molar-refractivity contribution in [2.45, 2.75) is 40.2 Å². The highest BCUT2D eigenvalue weighted by molar-refractivity contribution is 7.91. The van der Waals surface area contributed by atoms with E-state index >= 15 is 0 Å². The first kappa shape index (κ1) is 21.3. The second-order valence-corrected chi connectivity index (χ2v) is 10.6. The van der Waals surface area contributed by atoms with Crippen LogP contribution < -0.4 is 11.1 Å². The van der Waals surface area contributed by atoms with Crippen LogP contribution in [0.3, 0.4) is 0 Å². The highest BCUT2D eigenvalue weighted by atomic mass is 32.2. The molecule has 3 aromatic rings. The number of benzene rings is 2. The minimum atomic E-state index is -2.96. The van der Waals surface area contributed by atoms with Gasteiger partial charge >= 0.3 is 0 Å². The lowest BCUT2D eigenvalue weighted by Crippen LogP contribution is -2.15. The van der Waals surface area contributed by atoms with Crippen LogP contribution in [0.25, 0.3) is 16.5 Å². The van der Waals surface area contributed by atoms with Crippen molar-refractivity contribution >= 4 is 37.8 Å². The molecule has 1 aliphatic heterocycles. The first-order valence-corrected chi connectivity index (χ1v) is 12.3. The van der Waals surface area contributed by atoms with Gasteiger partial charge in [-0.25, -0.2) is 18.4 Å². The molecule has 6 nitrogen and oxygen atoms in total. The number of nitrogen functional groups attached to an aromatic ring is 1. The van der Waals surface area contributed by atoms with Gasteiger partial charge in [-0.05, 0) is 86.2 Å². The van der Waals surface area contributed by atoms with E-state index in [9.17, 15) is 8.42 Å². The van der Waals surface area contributed by atoms with E-state index in [1.54, 1.807) is 0 Å². The molecule has 0 unspecified atom stereocenters. The topological polar surface area (TPSA) is 98.0 Å². The maximum Gasteiger partial charge on any atom is 0.154 e. The predicted molar refractivity (Wildman–Crippen MR) is 128 cm³/mol. The third-order valence-corrected chi connectivity index (χ3v) is 7.49. The van der Waals surface area contributed by atoms with E-state index in [2.05, 4.69) is 42.1 Å². The Balaban J connectivity index is 1.74. The molecular formula is C24H28N4O2S.